The molecule has 2 aliphatic rings. The van der Waals surface area contributed by atoms with Crippen LogP contribution in [0.15, 0.2) is 24.3 Å². The van der Waals surface area contributed by atoms with Gasteiger partial charge in [-0.05, 0) is 35.7 Å². The van der Waals surface area contributed by atoms with Gasteiger partial charge in [-0.15, -0.1) is 0 Å². The summed E-state index contributed by atoms with van der Waals surface area (Å²) in [5, 5.41) is 0. The van der Waals surface area contributed by atoms with Crippen molar-refractivity contribution in [3.05, 3.63) is 41.0 Å². The predicted molar refractivity (Wildman–Crippen MR) is 149 cm³/mol. The number of fused-ring (bicyclic) bond motifs is 5. The van der Waals surface area contributed by atoms with Gasteiger partial charge in [0, 0.05) is 17.4 Å². The minimum Gasteiger partial charge on any atom is -0.489 e. The zero-order valence-corrected chi connectivity index (χ0v) is 24.9. The summed E-state index contributed by atoms with van der Waals surface area (Å²) in [6, 6.07) is 6.94. The fourth-order valence-corrected chi connectivity index (χ4v) is 4.69. The monoisotopic (exact) mass is 566 g/mol. The second kappa shape index (κ2) is 11.9. The molecule has 0 amide bonds. The minimum absolute atomic E-state index is 0.0277. The molecule has 0 saturated heterocycles. The molecule has 0 radical (unpaired) electrons. The molecule has 2 aromatic rings. The molecule has 4 rings (SSSR count). The highest BCUT2D eigenvalue weighted by Crippen LogP contribution is 2.55. The number of esters is 4. The first-order chi connectivity index (χ1) is 19.3. The maximum Gasteiger partial charge on any atom is 0.314 e. The lowest BCUT2D eigenvalue weighted by Gasteiger charge is -2.31. The topological polar surface area (TPSA) is 114 Å². The zero-order chi connectivity index (χ0) is 30.2. The summed E-state index contributed by atoms with van der Waals surface area (Å²) >= 11 is 0. The van der Waals surface area contributed by atoms with Crippen LogP contribution in [-0.4, -0.2) is 30.5 Å². The number of carbonyl (C=O) groups is 4. The molecule has 2 atom stereocenters. The number of carbonyl (C=O) groups excluding carboxylic acids is 4. The third-order valence-electron chi connectivity index (χ3n) is 7.10. The van der Waals surface area contributed by atoms with Gasteiger partial charge in [0.15, 0.2) is 23.0 Å². The van der Waals surface area contributed by atoms with E-state index in [4.69, 9.17) is 23.7 Å². The van der Waals surface area contributed by atoms with Crippen molar-refractivity contribution in [1.82, 2.24) is 0 Å². The summed E-state index contributed by atoms with van der Waals surface area (Å²) < 4.78 is 28.8. The molecule has 0 aromatic heterocycles. The van der Waals surface area contributed by atoms with Gasteiger partial charge >= 0.3 is 23.9 Å². The Kier molecular flexibility index (Phi) is 8.75. The summed E-state index contributed by atoms with van der Waals surface area (Å²) in [7, 11) is 0. The van der Waals surface area contributed by atoms with Crippen molar-refractivity contribution in [2.45, 2.75) is 67.7 Å². The smallest absolute Gasteiger partial charge is 0.314 e. The van der Waals surface area contributed by atoms with Gasteiger partial charge in [0.2, 0.25) is 5.75 Å². The summed E-state index contributed by atoms with van der Waals surface area (Å²) in [5.74, 6) is -2.71. The molecule has 9 nitrogen and oxygen atoms in total. The molecule has 220 valence electrons. The average molecular weight is 567 g/mol. The summed E-state index contributed by atoms with van der Waals surface area (Å²) in [4.78, 5) is 50.1. The lowest BCUT2D eigenvalue weighted by Crippen LogP contribution is -2.26. The Morgan fingerprint density at radius 3 is 1.68 bits per heavy atom. The van der Waals surface area contributed by atoms with Crippen molar-refractivity contribution in [2.24, 2.45) is 29.6 Å². The van der Waals surface area contributed by atoms with Crippen molar-refractivity contribution in [1.29, 1.82) is 0 Å². The van der Waals surface area contributed by atoms with Crippen LogP contribution in [-0.2, 0) is 25.6 Å². The van der Waals surface area contributed by atoms with Crippen LogP contribution in [0, 0.1) is 29.6 Å². The number of rotatable bonds is 8. The zero-order valence-electron chi connectivity index (χ0n) is 24.9. The van der Waals surface area contributed by atoms with E-state index in [1.807, 2.05) is 6.07 Å². The maximum atomic E-state index is 12.7. The first kappa shape index (κ1) is 30.1. The lowest BCUT2D eigenvalue weighted by atomic mass is 9.83. The lowest BCUT2D eigenvalue weighted by molar-refractivity contribution is -0.140. The van der Waals surface area contributed by atoms with E-state index in [0.29, 0.717) is 18.8 Å². The largest absolute Gasteiger partial charge is 0.489 e. The van der Waals surface area contributed by atoms with Crippen LogP contribution < -0.4 is 23.7 Å². The molecule has 1 heterocycles. The minimum atomic E-state index is -0.489. The maximum absolute atomic E-state index is 12.7. The molecular weight excluding hydrogens is 528 g/mol. The predicted octanol–water partition coefficient (Wildman–Crippen LogP) is 5.63. The SMILES string of the molecule is CC(C)C(=O)Oc1cc2c(cc1OC(=O)C(C)C)[C@@H]1c3ccc(OC(=O)C(C)C)c(OC(=O)C(C)C)c3OCC1C2. The third-order valence-corrected chi connectivity index (χ3v) is 7.10. The number of benzene rings is 2. The molecule has 0 bridgehead atoms. The highest BCUT2D eigenvalue weighted by molar-refractivity contribution is 5.81. The van der Waals surface area contributed by atoms with Crippen molar-refractivity contribution in [3.63, 3.8) is 0 Å². The Hall–Kier alpha value is -3.88. The number of hydrogen-bond acceptors (Lipinski definition) is 9. The van der Waals surface area contributed by atoms with Gasteiger partial charge < -0.3 is 23.7 Å². The quantitative estimate of drug-likeness (QED) is 0.296. The van der Waals surface area contributed by atoms with Crippen molar-refractivity contribution in [2.75, 3.05) is 6.61 Å². The second-order valence-corrected chi connectivity index (χ2v) is 11.9. The van der Waals surface area contributed by atoms with Crippen molar-refractivity contribution in [3.8, 4) is 28.7 Å². The Morgan fingerprint density at radius 2 is 1.15 bits per heavy atom. The van der Waals surface area contributed by atoms with E-state index in [1.54, 1.807) is 73.6 Å². The first-order valence-corrected chi connectivity index (χ1v) is 14.1. The number of ether oxygens (including phenoxy) is 5. The average Bonchev–Trinajstić information content (AvgIpc) is 3.26. The highest BCUT2D eigenvalue weighted by atomic mass is 16.6. The van der Waals surface area contributed by atoms with Gasteiger partial charge in [-0.3, -0.25) is 19.2 Å². The van der Waals surface area contributed by atoms with Crippen LogP contribution in [0.4, 0.5) is 0 Å². The molecular formula is C32H38O9. The van der Waals surface area contributed by atoms with Gasteiger partial charge in [0.25, 0.3) is 0 Å². The fraction of sp³-hybridized carbons (Fsp3) is 0.500. The molecule has 1 unspecified atom stereocenters. The van der Waals surface area contributed by atoms with E-state index in [0.717, 1.165) is 16.7 Å². The number of hydrogen-bond donors (Lipinski definition) is 0. The van der Waals surface area contributed by atoms with Crippen LogP contribution >= 0.6 is 0 Å². The molecule has 2 aromatic carbocycles. The van der Waals surface area contributed by atoms with Crippen LogP contribution in [0.2, 0.25) is 0 Å². The van der Waals surface area contributed by atoms with Gasteiger partial charge in [-0.2, -0.15) is 0 Å². The van der Waals surface area contributed by atoms with Gasteiger partial charge in [-0.25, -0.2) is 0 Å². The van der Waals surface area contributed by atoms with Crippen molar-refractivity contribution < 1.29 is 42.9 Å². The molecule has 0 saturated carbocycles. The van der Waals surface area contributed by atoms with Crippen LogP contribution in [0.1, 0.15) is 78.0 Å². The van der Waals surface area contributed by atoms with Gasteiger partial charge in [0.05, 0.1) is 30.3 Å². The van der Waals surface area contributed by atoms with Gasteiger partial charge in [0.1, 0.15) is 0 Å². The van der Waals surface area contributed by atoms with E-state index in [2.05, 4.69) is 0 Å². The van der Waals surface area contributed by atoms with Crippen LogP contribution in [0.5, 0.6) is 28.7 Å². The molecule has 1 aliphatic carbocycles. The summed E-state index contributed by atoms with van der Waals surface area (Å²) in [5.41, 5.74) is 2.58. The normalized spacial score (nSPS) is 17.1. The Labute approximate surface area is 240 Å². The Balaban J connectivity index is 1.82. The Bertz CT molecular complexity index is 1370. The van der Waals surface area contributed by atoms with E-state index >= 15 is 0 Å². The van der Waals surface area contributed by atoms with Crippen molar-refractivity contribution >= 4 is 23.9 Å². The fourth-order valence-electron chi connectivity index (χ4n) is 4.69. The molecule has 0 spiro atoms. The molecule has 41 heavy (non-hydrogen) atoms. The molecule has 0 N–H and O–H groups in total. The van der Waals surface area contributed by atoms with E-state index < -0.39 is 41.6 Å². The summed E-state index contributed by atoms with van der Waals surface area (Å²) in [6.07, 6.45) is 0.634. The second-order valence-electron chi connectivity index (χ2n) is 11.9. The van der Waals surface area contributed by atoms with E-state index in [9.17, 15) is 19.2 Å². The highest BCUT2D eigenvalue weighted by Gasteiger charge is 2.42. The Morgan fingerprint density at radius 1 is 0.659 bits per heavy atom. The summed E-state index contributed by atoms with van der Waals surface area (Å²) in [6.45, 7) is 14.1. The van der Waals surface area contributed by atoms with E-state index in [1.165, 1.54) is 0 Å². The van der Waals surface area contributed by atoms with Gasteiger partial charge in [-0.1, -0.05) is 61.5 Å². The van der Waals surface area contributed by atoms with Crippen LogP contribution in [0.25, 0.3) is 0 Å². The van der Waals surface area contributed by atoms with E-state index in [-0.39, 0.29) is 40.8 Å². The third kappa shape index (κ3) is 6.24. The molecule has 1 aliphatic heterocycles. The van der Waals surface area contributed by atoms with Crippen LogP contribution in [0.3, 0.4) is 0 Å². The standard InChI is InChI=1S/C32H38O9/c1-15(2)29(33)38-23-10-9-21-26-20(14-37-27(21)28(23)41-32(36)18(7)8)11-19-12-24(39-30(34)16(3)4)25(13-22(19)26)40-31(35)17(5)6/h9-10,12-13,15-18,20,26H,11,14H2,1-8H3/t20?,26-/m0/s1. The molecule has 9 heteroatoms. The first-order valence-electron chi connectivity index (χ1n) is 14.1. The molecule has 0 fully saturated rings.